The zero-order valence-corrected chi connectivity index (χ0v) is 18.4. The van der Waals surface area contributed by atoms with Crippen molar-refractivity contribution in [3.05, 3.63) is 99.8 Å². The highest BCUT2D eigenvalue weighted by molar-refractivity contribution is 7.90. The van der Waals surface area contributed by atoms with Gasteiger partial charge in [-0.25, -0.2) is 4.68 Å². The van der Waals surface area contributed by atoms with Crippen LogP contribution in [-0.4, -0.2) is 24.0 Å². The maximum Gasteiger partial charge on any atom is 0.286 e. The lowest BCUT2D eigenvalue weighted by Gasteiger charge is -2.21. The highest BCUT2D eigenvalue weighted by atomic mass is 32.2. The Balaban J connectivity index is 1.69. The highest BCUT2D eigenvalue weighted by Crippen LogP contribution is 2.31. The number of para-hydroxylation sites is 2. The number of sulfonamides is 1. The van der Waals surface area contributed by atoms with E-state index in [1.54, 1.807) is 42.5 Å². The van der Waals surface area contributed by atoms with Gasteiger partial charge < -0.3 is 15.8 Å². The second-order valence-electron chi connectivity index (χ2n) is 7.68. The summed E-state index contributed by atoms with van der Waals surface area (Å²) in [7, 11) is -4.05. The van der Waals surface area contributed by atoms with Gasteiger partial charge in [0.15, 0.2) is 5.84 Å². The number of pyridine rings is 1. The molecule has 0 fully saturated rings. The summed E-state index contributed by atoms with van der Waals surface area (Å²) in [5.41, 5.74) is 5.06. The normalized spacial score (nSPS) is 14.3. The maximum absolute atomic E-state index is 13.6. The molecule has 0 aliphatic carbocycles. The van der Waals surface area contributed by atoms with Crippen molar-refractivity contribution in [2.45, 2.75) is 18.4 Å². The minimum absolute atomic E-state index is 0.00651. The molecule has 1 aromatic heterocycles. The number of nitrogens with one attached hydrogen (secondary N) is 2. The molecule has 0 unspecified atom stereocenters. The van der Waals surface area contributed by atoms with Crippen molar-refractivity contribution in [2.75, 3.05) is 10.7 Å². The lowest BCUT2D eigenvalue weighted by atomic mass is 10.1. The Bertz CT molecular complexity index is 1610. The number of amidine groups is 1. The monoisotopic (exact) mass is 460 g/mol. The molecule has 33 heavy (non-hydrogen) atoms. The van der Waals surface area contributed by atoms with E-state index in [0.29, 0.717) is 17.4 Å². The van der Waals surface area contributed by atoms with Crippen molar-refractivity contribution in [3.8, 4) is 5.75 Å². The van der Waals surface area contributed by atoms with Crippen molar-refractivity contribution < 1.29 is 13.5 Å². The van der Waals surface area contributed by atoms with Crippen LogP contribution in [0.25, 0.3) is 10.9 Å². The predicted octanol–water partition coefficient (Wildman–Crippen LogP) is 3.32. The molecule has 0 saturated carbocycles. The van der Waals surface area contributed by atoms with Crippen LogP contribution in [0.2, 0.25) is 0 Å². The first kappa shape index (κ1) is 20.8. The Hall–Kier alpha value is -4.11. The fraction of sp³-hybridized carbons (Fsp3) is 0.0833. The van der Waals surface area contributed by atoms with E-state index in [0.717, 1.165) is 11.1 Å². The van der Waals surface area contributed by atoms with Crippen LogP contribution in [0.5, 0.6) is 5.75 Å². The van der Waals surface area contributed by atoms with Crippen LogP contribution >= 0.6 is 0 Å². The molecule has 0 amide bonds. The summed E-state index contributed by atoms with van der Waals surface area (Å²) < 4.78 is 30.6. The molecule has 2 heterocycles. The fourth-order valence-electron chi connectivity index (χ4n) is 3.89. The second kappa shape index (κ2) is 7.79. The standard InChI is InChI=1S/C24H20N4O4S/c1-15-8-2-3-9-16(15)14-25-28-19-12-6-4-10-17(19)22(29)21(24(28)30)23-26-18-11-5-7-13-20(18)33(31,32)27-23/h2-13,25,29H,14H2,1H3,(H,26,27). The van der Waals surface area contributed by atoms with Crippen LogP contribution < -0.4 is 16.3 Å². The third-order valence-electron chi connectivity index (χ3n) is 5.61. The topological polar surface area (TPSA) is 113 Å². The number of benzene rings is 3. The van der Waals surface area contributed by atoms with Crippen LogP contribution in [-0.2, 0) is 16.6 Å². The second-order valence-corrected chi connectivity index (χ2v) is 9.25. The summed E-state index contributed by atoms with van der Waals surface area (Å²) in [4.78, 5) is 13.6. The lowest BCUT2D eigenvalue weighted by molar-refractivity contribution is 0.478. The van der Waals surface area contributed by atoms with Gasteiger partial charge in [0.25, 0.3) is 15.6 Å². The number of hydrogen-bond acceptors (Lipinski definition) is 6. The molecule has 3 aromatic carbocycles. The first-order valence-corrected chi connectivity index (χ1v) is 11.7. The number of rotatable bonds is 4. The quantitative estimate of drug-likeness (QED) is 0.431. The summed E-state index contributed by atoms with van der Waals surface area (Å²) in [6, 6.07) is 20.9. The molecule has 0 radical (unpaired) electrons. The van der Waals surface area contributed by atoms with Gasteiger partial charge >= 0.3 is 0 Å². The van der Waals surface area contributed by atoms with E-state index in [-0.39, 0.29) is 27.7 Å². The number of hydrogen-bond donors (Lipinski definition) is 3. The number of aromatic hydroxyl groups is 1. The number of aromatic nitrogens is 1. The minimum atomic E-state index is -4.05. The largest absolute Gasteiger partial charge is 0.506 e. The minimum Gasteiger partial charge on any atom is -0.506 e. The molecular formula is C24H20N4O4S. The van der Waals surface area contributed by atoms with Crippen molar-refractivity contribution in [1.82, 2.24) is 4.68 Å². The first-order valence-electron chi connectivity index (χ1n) is 10.2. The molecule has 0 saturated heterocycles. The Kier molecular flexibility index (Phi) is 4.90. The van der Waals surface area contributed by atoms with Crippen molar-refractivity contribution in [1.29, 1.82) is 0 Å². The van der Waals surface area contributed by atoms with Crippen molar-refractivity contribution >= 4 is 32.4 Å². The molecule has 0 bridgehead atoms. The van der Waals surface area contributed by atoms with Gasteiger partial charge in [-0.2, -0.15) is 8.42 Å². The van der Waals surface area contributed by atoms with Gasteiger partial charge in [-0.3, -0.25) is 4.79 Å². The van der Waals surface area contributed by atoms with Gasteiger partial charge in [-0.15, -0.1) is 4.40 Å². The average molecular weight is 461 g/mol. The third kappa shape index (κ3) is 3.52. The Morgan fingerprint density at radius 2 is 1.70 bits per heavy atom. The Morgan fingerprint density at radius 3 is 2.52 bits per heavy atom. The molecule has 5 rings (SSSR count). The van der Waals surface area contributed by atoms with Gasteiger partial charge in [0, 0.05) is 5.39 Å². The fourth-order valence-corrected chi connectivity index (χ4v) is 5.01. The van der Waals surface area contributed by atoms with Gasteiger partial charge in [0.2, 0.25) is 0 Å². The van der Waals surface area contributed by atoms with E-state index in [1.807, 2.05) is 31.2 Å². The number of nitrogens with zero attached hydrogens (tertiary/aromatic N) is 2. The number of fused-ring (bicyclic) bond motifs is 2. The molecule has 3 N–H and O–H groups in total. The van der Waals surface area contributed by atoms with E-state index in [1.165, 1.54) is 10.7 Å². The summed E-state index contributed by atoms with van der Waals surface area (Å²) in [6.45, 7) is 2.32. The van der Waals surface area contributed by atoms with Crippen LogP contribution in [0.3, 0.4) is 0 Å². The van der Waals surface area contributed by atoms with E-state index in [2.05, 4.69) is 15.1 Å². The summed E-state index contributed by atoms with van der Waals surface area (Å²) in [6.07, 6.45) is 0. The molecule has 4 aromatic rings. The molecule has 9 heteroatoms. The molecule has 166 valence electrons. The molecule has 8 nitrogen and oxygen atoms in total. The zero-order valence-electron chi connectivity index (χ0n) is 17.6. The van der Waals surface area contributed by atoms with Crippen LogP contribution in [0, 0.1) is 6.92 Å². The molecular weight excluding hydrogens is 440 g/mol. The smallest absolute Gasteiger partial charge is 0.286 e. The Morgan fingerprint density at radius 1 is 1.00 bits per heavy atom. The molecule has 0 spiro atoms. The SMILES string of the molecule is Cc1ccccc1CNn1c(=O)c(C2=NS(=O)(=O)c3ccccc3N2)c(O)c2ccccc21. The molecule has 0 atom stereocenters. The van der Waals surface area contributed by atoms with Crippen molar-refractivity contribution in [2.24, 2.45) is 4.40 Å². The van der Waals surface area contributed by atoms with E-state index < -0.39 is 15.6 Å². The third-order valence-corrected chi connectivity index (χ3v) is 6.94. The summed E-state index contributed by atoms with van der Waals surface area (Å²) in [5, 5.41) is 14.3. The van der Waals surface area contributed by atoms with Gasteiger partial charge in [-0.05, 0) is 42.3 Å². The zero-order chi connectivity index (χ0) is 23.2. The van der Waals surface area contributed by atoms with Crippen LogP contribution in [0.15, 0.2) is 86.9 Å². The van der Waals surface area contributed by atoms with Gasteiger partial charge in [0.05, 0.1) is 17.7 Å². The van der Waals surface area contributed by atoms with Gasteiger partial charge in [-0.1, -0.05) is 48.5 Å². The predicted molar refractivity (Wildman–Crippen MR) is 128 cm³/mol. The summed E-state index contributed by atoms with van der Waals surface area (Å²) in [5.74, 6) is -0.571. The lowest BCUT2D eigenvalue weighted by Crippen LogP contribution is -2.36. The first-order chi connectivity index (χ1) is 15.9. The maximum atomic E-state index is 13.6. The molecule has 1 aliphatic rings. The Labute approximate surface area is 189 Å². The van der Waals surface area contributed by atoms with Crippen molar-refractivity contribution in [3.63, 3.8) is 0 Å². The number of anilines is 1. The van der Waals surface area contributed by atoms with Gasteiger partial charge in [0.1, 0.15) is 16.2 Å². The highest BCUT2D eigenvalue weighted by Gasteiger charge is 2.29. The van der Waals surface area contributed by atoms with E-state index >= 15 is 0 Å². The molecule has 1 aliphatic heterocycles. The summed E-state index contributed by atoms with van der Waals surface area (Å²) >= 11 is 0. The van der Waals surface area contributed by atoms with E-state index in [4.69, 9.17) is 0 Å². The van der Waals surface area contributed by atoms with E-state index in [9.17, 15) is 18.3 Å². The van der Waals surface area contributed by atoms with Crippen LogP contribution in [0.1, 0.15) is 16.7 Å². The number of aryl methyl sites for hydroxylation is 1. The van der Waals surface area contributed by atoms with Crippen LogP contribution in [0.4, 0.5) is 5.69 Å². The average Bonchev–Trinajstić information content (AvgIpc) is 2.80.